The molecule has 6 heteroatoms. The Hall–Kier alpha value is -2.21. The maximum absolute atomic E-state index is 4.65. The van der Waals surface area contributed by atoms with E-state index in [1.165, 1.54) is 37.7 Å². The summed E-state index contributed by atoms with van der Waals surface area (Å²) in [6, 6.07) is 7.09. The van der Waals surface area contributed by atoms with Gasteiger partial charge < -0.3 is 0 Å². The van der Waals surface area contributed by atoms with Gasteiger partial charge in [-0.25, -0.2) is 20.6 Å². The fourth-order valence-electron chi connectivity index (χ4n) is 3.98. The fourth-order valence-corrected chi connectivity index (χ4v) is 3.98. The first-order chi connectivity index (χ1) is 12.2. The second kappa shape index (κ2) is 6.96. The molecule has 1 unspecified atom stereocenters. The van der Waals surface area contributed by atoms with Crippen LogP contribution in [0.5, 0.6) is 0 Å². The molecule has 1 atom stereocenters. The zero-order chi connectivity index (χ0) is 17.2. The molecule has 132 valence electrons. The van der Waals surface area contributed by atoms with Gasteiger partial charge >= 0.3 is 5.96 Å². The monoisotopic (exact) mass is 340 g/mol. The average molecular weight is 340 g/mol. The lowest BCUT2D eigenvalue weighted by atomic mass is 9.94. The number of aromatic nitrogens is 2. The molecule has 1 aliphatic carbocycles. The van der Waals surface area contributed by atoms with Gasteiger partial charge in [0.15, 0.2) is 13.3 Å². The molecule has 25 heavy (non-hydrogen) atoms. The van der Waals surface area contributed by atoms with Crippen LogP contribution >= 0.6 is 0 Å². The summed E-state index contributed by atoms with van der Waals surface area (Å²) in [6.07, 6.45) is 6.88. The lowest BCUT2D eigenvalue weighted by molar-refractivity contribution is -1.00. The van der Waals surface area contributed by atoms with Crippen molar-refractivity contribution in [3.05, 3.63) is 29.5 Å². The highest BCUT2D eigenvalue weighted by molar-refractivity contribution is 5.89. The number of fused-ring (bicyclic) bond motifs is 1. The molecule has 4 rings (SSSR count). The highest BCUT2D eigenvalue weighted by Crippen LogP contribution is 2.18. The number of rotatable bonds is 2. The minimum atomic E-state index is 0.643. The van der Waals surface area contributed by atoms with Crippen molar-refractivity contribution in [1.29, 1.82) is 0 Å². The lowest BCUT2D eigenvalue weighted by Gasteiger charge is -2.30. The fraction of sp³-hybridized carbons (Fsp3) is 0.526. The minimum absolute atomic E-state index is 0.643. The Morgan fingerprint density at radius 3 is 2.76 bits per heavy atom. The molecule has 2 aromatic rings. The molecular formula is C19H28N6+2. The third-order valence-electron chi connectivity index (χ3n) is 5.45. The van der Waals surface area contributed by atoms with Crippen LogP contribution in [0.1, 0.15) is 43.4 Å². The second-order valence-corrected chi connectivity index (χ2v) is 7.35. The Morgan fingerprint density at radius 2 is 2.00 bits per heavy atom. The summed E-state index contributed by atoms with van der Waals surface area (Å²) in [6.45, 7) is 6.03. The molecule has 0 amide bonds. The molecular weight excluding hydrogens is 312 g/mol. The van der Waals surface area contributed by atoms with Gasteiger partial charge in [-0.3, -0.25) is 4.90 Å². The minimum Gasteiger partial charge on any atom is -0.274 e. The van der Waals surface area contributed by atoms with Crippen LogP contribution in [0.3, 0.4) is 0 Å². The lowest BCUT2D eigenvalue weighted by Crippen LogP contribution is -3.26. The third kappa shape index (κ3) is 3.58. The van der Waals surface area contributed by atoms with Crippen LogP contribution < -0.4 is 20.5 Å². The van der Waals surface area contributed by atoms with Crippen LogP contribution in [0.4, 0.5) is 5.95 Å². The number of guanidine groups is 1. The number of benzene rings is 1. The number of nitrogens with one attached hydrogen (secondary N) is 4. The zero-order valence-electron chi connectivity index (χ0n) is 15.2. The normalized spacial score (nSPS) is 21.7. The predicted octanol–water partition coefficient (Wildman–Crippen LogP) is -0.169. The van der Waals surface area contributed by atoms with Gasteiger partial charge in [0.1, 0.15) is 0 Å². The van der Waals surface area contributed by atoms with E-state index in [4.69, 9.17) is 0 Å². The molecule has 4 N–H and O–H groups in total. The third-order valence-corrected chi connectivity index (χ3v) is 5.45. The standard InChI is InChI=1S/C19H26N6/c1-13-8-9-17-16(10-13)14(2)22-19(23-17)24-18-20-11-25(12-21-18)15-6-4-3-5-7-15/h8-10,15H,3-7,11-12H2,1-2H3,(H2,20,21,22,23,24)/p+2. The van der Waals surface area contributed by atoms with E-state index in [1.54, 1.807) is 4.90 Å². The predicted molar refractivity (Wildman–Crippen MR) is 99.3 cm³/mol. The molecule has 1 saturated carbocycles. The second-order valence-electron chi connectivity index (χ2n) is 7.35. The van der Waals surface area contributed by atoms with Crippen LogP contribution in [0.15, 0.2) is 18.2 Å². The molecule has 6 nitrogen and oxygen atoms in total. The Labute approximate surface area is 148 Å². The number of anilines is 1. The van der Waals surface area contributed by atoms with Gasteiger partial charge in [-0.1, -0.05) is 18.1 Å². The van der Waals surface area contributed by atoms with Crippen molar-refractivity contribution < 1.29 is 9.89 Å². The van der Waals surface area contributed by atoms with Crippen molar-refractivity contribution >= 4 is 22.8 Å². The summed E-state index contributed by atoms with van der Waals surface area (Å²) in [5, 5.41) is 7.90. The van der Waals surface area contributed by atoms with Crippen LogP contribution in [-0.2, 0) is 0 Å². The number of nitrogens with zero attached hydrogens (tertiary/aromatic N) is 2. The van der Waals surface area contributed by atoms with Gasteiger partial charge in [0.05, 0.1) is 17.3 Å². The van der Waals surface area contributed by atoms with Gasteiger partial charge in [-0.2, -0.15) is 4.98 Å². The largest absolute Gasteiger partial charge is 0.359 e. The Bertz CT molecular complexity index is 794. The summed E-state index contributed by atoms with van der Waals surface area (Å²) in [5.74, 6) is 1.55. The molecule has 1 fully saturated rings. The van der Waals surface area contributed by atoms with E-state index >= 15 is 0 Å². The molecule has 0 bridgehead atoms. The van der Waals surface area contributed by atoms with Crippen molar-refractivity contribution in [2.24, 2.45) is 0 Å². The van der Waals surface area contributed by atoms with Gasteiger partial charge in [-0.05, 0) is 51.7 Å². The maximum Gasteiger partial charge on any atom is 0.359 e. The first-order valence-electron chi connectivity index (χ1n) is 9.40. The van der Waals surface area contributed by atoms with Crippen LogP contribution in [0.2, 0.25) is 0 Å². The van der Waals surface area contributed by atoms with Crippen LogP contribution in [0.25, 0.3) is 10.9 Å². The van der Waals surface area contributed by atoms with E-state index in [1.807, 2.05) is 6.92 Å². The molecule has 0 saturated heterocycles. The maximum atomic E-state index is 4.65. The van der Waals surface area contributed by atoms with Gasteiger partial charge in [0, 0.05) is 5.39 Å². The van der Waals surface area contributed by atoms with Gasteiger partial charge in [-0.15, -0.1) is 0 Å². The number of quaternary nitrogens is 1. The van der Waals surface area contributed by atoms with Crippen LogP contribution in [0, 0.1) is 13.8 Å². The van der Waals surface area contributed by atoms with Gasteiger partial charge in [0.2, 0.25) is 0 Å². The molecule has 2 aliphatic rings. The summed E-state index contributed by atoms with van der Waals surface area (Å²) in [5.41, 5.74) is 3.21. The number of hydrogen-bond donors (Lipinski definition) is 4. The van der Waals surface area contributed by atoms with Crippen molar-refractivity contribution in [3.63, 3.8) is 0 Å². The SMILES string of the molecule is Cc1ccc2nc(NC3=[NH+]C[NH+](C4CCCCC4)CN3)nc(C)c2c1. The van der Waals surface area contributed by atoms with E-state index in [-0.39, 0.29) is 0 Å². The van der Waals surface area contributed by atoms with Gasteiger partial charge in [0.25, 0.3) is 5.95 Å². The highest BCUT2D eigenvalue weighted by atomic mass is 15.4. The van der Waals surface area contributed by atoms with Crippen molar-refractivity contribution in [2.75, 3.05) is 18.7 Å². The first kappa shape index (κ1) is 16.3. The van der Waals surface area contributed by atoms with E-state index in [0.29, 0.717) is 5.95 Å². The quantitative estimate of drug-likeness (QED) is 0.613. The van der Waals surface area contributed by atoms with Crippen LogP contribution in [-0.4, -0.2) is 35.3 Å². The molecule has 0 radical (unpaired) electrons. The van der Waals surface area contributed by atoms with Crippen molar-refractivity contribution in [3.8, 4) is 0 Å². The molecule has 1 aliphatic heterocycles. The van der Waals surface area contributed by atoms with Crippen molar-refractivity contribution in [2.45, 2.75) is 52.0 Å². The first-order valence-corrected chi connectivity index (χ1v) is 9.40. The topological polar surface area (TPSA) is 68.2 Å². The van der Waals surface area contributed by atoms with Crippen molar-refractivity contribution in [1.82, 2.24) is 15.3 Å². The van der Waals surface area contributed by atoms with E-state index < -0.39 is 0 Å². The summed E-state index contributed by atoms with van der Waals surface area (Å²) < 4.78 is 0. The Kier molecular flexibility index (Phi) is 4.53. The summed E-state index contributed by atoms with van der Waals surface area (Å²) in [4.78, 5) is 14.3. The zero-order valence-corrected chi connectivity index (χ0v) is 15.2. The summed E-state index contributed by atoms with van der Waals surface area (Å²) in [7, 11) is 0. The Morgan fingerprint density at radius 1 is 1.16 bits per heavy atom. The van der Waals surface area contributed by atoms with E-state index in [9.17, 15) is 0 Å². The number of hydrogen-bond acceptors (Lipinski definition) is 4. The summed E-state index contributed by atoms with van der Waals surface area (Å²) >= 11 is 0. The molecule has 0 spiro atoms. The molecule has 2 heterocycles. The molecule has 1 aromatic heterocycles. The average Bonchev–Trinajstić information content (AvgIpc) is 2.64. The van der Waals surface area contributed by atoms with E-state index in [0.717, 1.165) is 41.9 Å². The highest BCUT2D eigenvalue weighted by Gasteiger charge is 2.29. The Balaban J connectivity index is 1.46. The molecule has 1 aromatic carbocycles. The number of aryl methyl sites for hydroxylation is 2. The smallest absolute Gasteiger partial charge is 0.274 e. The van der Waals surface area contributed by atoms with E-state index in [2.05, 4.69) is 50.7 Å².